The number of hydrogen-bond acceptors (Lipinski definition) is 6. The number of hydrogen-bond donors (Lipinski definition) is 3. The number of anilines is 2. The van der Waals surface area contributed by atoms with Crippen molar-refractivity contribution in [2.24, 2.45) is 5.73 Å². The molecule has 1 aromatic carbocycles. The predicted octanol–water partition coefficient (Wildman–Crippen LogP) is 1.90. The van der Waals surface area contributed by atoms with Gasteiger partial charge in [0.05, 0.1) is 0 Å². The molecule has 0 radical (unpaired) electrons. The van der Waals surface area contributed by atoms with Crippen LogP contribution in [-0.4, -0.2) is 9.97 Å². The van der Waals surface area contributed by atoms with Crippen LogP contribution in [0.4, 0.5) is 11.6 Å². The van der Waals surface area contributed by atoms with Crippen molar-refractivity contribution in [3.63, 3.8) is 0 Å². The minimum Gasteiger partial charge on any atom is -0.383 e. The van der Waals surface area contributed by atoms with E-state index in [0.717, 1.165) is 10.5 Å². The van der Waals surface area contributed by atoms with Gasteiger partial charge >= 0.3 is 0 Å². The Morgan fingerprint density at radius 2 is 1.83 bits per heavy atom. The van der Waals surface area contributed by atoms with Gasteiger partial charge in [0.15, 0.2) is 5.16 Å². The van der Waals surface area contributed by atoms with Gasteiger partial charge in [-0.15, -0.1) is 0 Å². The molecular formula is C11H12ClN5S. The summed E-state index contributed by atoms with van der Waals surface area (Å²) in [6, 6.07) is 7.05. The third-order valence-electron chi connectivity index (χ3n) is 2.23. The van der Waals surface area contributed by atoms with Crippen molar-refractivity contribution in [2.45, 2.75) is 16.6 Å². The molecule has 0 aliphatic heterocycles. The van der Waals surface area contributed by atoms with Gasteiger partial charge in [0, 0.05) is 22.5 Å². The van der Waals surface area contributed by atoms with Gasteiger partial charge in [0.25, 0.3) is 0 Å². The Bertz CT molecular complexity index is 555. The number of aromatic nitrogens is 2. The average Bonchev–Trinajstić information content (AvgIpc) is 2.27. The molecule has 0 aliphatic carbocycles. The topological polar surface area (TPSA) is 104 Å². The van der Waals surface area contributed by atoms with Gasteiger partial charge in [-0.05, 0) is 29.5 Å². The largest absolute Gasteiger partial charge is 0.383 e. The molecule has 7 heteroatoms. The molecule has 0 saturated carbocycles. The van der Waals surface area contributed by atoms with E-state index >= 15 is 0 Å². The minimum absolute atomic E-state index is 0.335. The zero-order valence-corrected chi connectivity index (χ0v) is 11.0. The number of nitrogens with zero attached hydrogens (tertiary/aromatic N) is 2. The summed E-state index contributed by atoms with van der Waals surface area (Å²) in [6.45, 7) is 0.347. The number of nitrogens with two attached hydrogens (primary N) is 3. The maximum atomic E-state index is 6.07. The molecule has 0 bridgehead atoms. The smallest absolute Gasteiger partial charge is 0.196 e. The zero-order chi connectivity index (χ0) is 13.1. The second kappa shape index (κ2) is 5.43. The highest BCUT2D eigenvalue weighted by Gasteiger charge is 2.09. The highest BCUT2D eigenvalue weighted by Crippen LogP contribution is 2.32. The monoisotopic (exact) mass is 281 g/mol. The second-order valence-corrected chi connectivity index (χ2v) is 4.94. The molecule has 1 heterocycles. The summed E-state index contributed by atoms with van der Waals surface area (Å²) in [5, 5.41) is 1.10. The van der Waals surface area contributed by atoms with Crippen molar-refractivity contribution in [3.05, 3.63) is 34.9 Å². The fourth-order valence-corrected chi connectivity index (χ4v) is 2.71. The summed E-state index contributed by atoms with van der Waals surface area (Å²) in [5.41, 5.74) is 17.8. The lowest BCUT2D eigenvalue weighted by atomic mass is 10.2. The molecular weight excluding hydrogens is 270 g/mol. The molecule has 18 heavy (non-hydrogen) atoms. The molecule has 0 saturated heterocycles. The Kier molecular flexibility index (Phi) is 3.90. The van der Waals surface area contributed by atoms with Gasteiger partial charge in [-0.1, -0.05) is 17.7 Å². The summed E-state index contributed by atoms with van der Waals surface area (Å²) in [5.74, 6) is 0.669. The Morgan fingerprint density at radius 3 is 2.44 bits per heavy atom. The number of rotatable bonds is 3. The van der Waals surface area contributed by atoms with E-state index < -0.39 is 0 Å². The summed E-state index contributed by atoms with van der Waals surface area (Å²) in [6.07, 6.45) is 0. The highest BCUT2D eigenvalue weighted by molar-refractivity contribution is 7.99. The standard InChI is InChI=1S/C11H12ClN5S/c12-7-2-1-3-8(6(7)5-13)18-11-16-9(14)4-10(15)17-11/h1-4H,5,13H2,(H4,14,15,16,17). The van der Waals surface area contributed by atoms with Crippen LogP contribution in [0.5, 0.6) is 0 Å². The van der Waals surface area contributed by atoms with Gasteiger partial charge in [0.2, 0.25) is 0 Å². The van der Waals surface area contributed by atoms with Crippen LogP contribution in [0.3, 0.4) is 0 Å². The first-order chi connectivity index (χ1) is 8.60. The van der Waals surface area contributed by atoms with Gasteiger partial charge in [-0.3, -0.25) is 0 Å². The predicted molar refractivity (Wildman–Crippen MR) is 74.3 cm³/mol. The van der Waals surface area contributed by atoms with Crippen molar-refractivity contribution in [2.75, 3.05) is 11.5 Å². The molecule has 0 unspecified atom stereocenters. The van der Waals surface area contributed by atoms with Crippen molar-refractivity contribution in [1.82, 2.24) is 9.97 Å². The lowest BCUT2D eigenvalue weighted by Crippen LogP contribution is -2.01. The quantitative estimate of drug-likeness (QED) is 0.743. The van der Waals surface area contributed by atoms with Crippen molar-refractivity contribution < 1.29 is 0 Å². The SMILES string of the molecule is NCc1c(Cl)cccc1Sc1nc(N)cc(N)n1. The first-order valence-electron chi connectivity index (χ1n) is 5.15. The summed E-state index contributed by atoms with van der Waals surface area (Å²) in [7, 11) is 0. The Hall–Kier alpha value is -1.50. The third kappa shape index (κ3) is 2.84. The summed E-state index contributed by atoms with van der Waals surface area (Å²) < 4.78 is 0. The first-order valence-corrected chi connectivity index (χ1v) is 6.35. The van der Waals surface area contributed by atoms with E-state index in [-0.39, 0.29) is 0 Å². The Morgan fingerprint density at radius 1 is 1.17 bits per heavy atom. The lowest BCUT2D eigenvalue weighted by molar-refractivity contribution is 0.975. The van der Waals surface area contributed by atoms with Crippen LogP contribution in [-0.2, 0) is 6.54 Å². The summed E-state index contributed by atoms with van der Waals surface area (Å²) in [4.78, 5) is 9.10. The molecule has 1 aromatic heterocycles. The molecule has 5 nitrogen and oxygen atoms in total. The van der Waals surface area contributed by atoms with E-state index in [9.17, 15) is 0 Å². The van der Waals surface area contributed by atoms with Crippen LogP contribution >= 0.6 is 23.4 Å². The summed E-state index contributed by atoms with van der Waals surface area (Å²) >= 11 is 7.41. The Balaban J connectivity index is 2.36. The zero-order valence-electron chi connectivity index (χ0n) is 9.43. The maximum Gasteiger partial charge on any atom is 0.196 e. The molecule has 2 aromatic rings. The number of halogens is 1. The number of nitrogen functional groups attached to an aromatic ring is 2. The Labute approximate surface area is 114 Å². The molecule has 6 N–H and O–H groups in total. The van der Waals surface area contributed by atoms with Gasteiger partial charge in [0.1, 0.15) is 11.6 Å². The van der Waals surface area contributed by atoms with Crippen molar-refractivity contribution in [3.8, 4) is 0 Å². The fourth-order valence-electron chi connectivity index (χ4n) is 1.44. The van der Waals surface area contributed by atoms with E-state index in [2.05, 4.69) is 9.97 Å². The second-order valence-electron chi connectivity index (χ2n) is 3.52. The van der Waals surface area contributed by atoms with E-state index in [4.69, 9.17) is 28.8 Å². The van der Waals surface area contributed by atoms with Crippen LogP contribution in [0.1, 0.15) is 5.56 Å². The first kappa shape index (κ1) is 12.9. The highest BCUT2D eigenvalue weighted by atomic mass is 35.5. The van der Waals surface area contributed by atoms with Crippen LogP contribution in [0.25, 0.3) is 0 Å². The molecule has 0 fully saturated rings. The molecule has 94 valence electrons. The van der Waals surface area contributed by atoms with E-state index in [1.807, 2.05) is 12.1 Å². The van der Waals surface area contributed by atoms with Crippen molar-refractivity contribution >= 4 is 35.0 Å². The normalized spacial score (nSPS) is 10.6. The van der Waals surface area contributed by atoms with Crippen LogP contribution in [0, 0.1) is 0 Å². The average molecular weight is 282 g/mol. The molecule has 0 amide bonds. The van der Waals surface area contributed by atoms with Crippen molar-refractivity contribution in [1.29, 1.82) is 0 Å². The van der Waals surface area contributed by atoms with E-state index in [1.165, 1.54) is 17.8 Å². The molecule has 0 aliphatic rings. The number of benzene rings is 1. The minimum atomic E-state index is 0.335. The van der Waals surface area contributed by atoms with Gasteiger partial charge in [-0.2, -0.15) is 0 Å². The fraction of sp³-hybridized carbons (Fsp3) is 0.0909. The molecule has 0 spiro atoms. The maximum absolute atomic E-state index is 6.07. The third-order valence-corrected chi connectivity index (χ3v) is 3.55. The van der Waals surface area contributed by atoms with Gasteiger partial charge in [-0.25, -0.2) is 9.97 Å². The van der Waals surface area contributed by atoms with Crippen LogP contribution in [0.15, 0.2) is 34.3 Å². The lowest BCUT2D eigenvalue weighted by Gasteiger charge is -2.08. The van der Waals surface area contributed by atoms with E-state index in [0.29, 0.717) is 28.4 Å². The van der Waals surface area contributed by atoms with E-state index in [1.54, 1.807) is 6.07 Å². The van der Waals surface area contributed by atoms with Gasteiger partial charge < -0.3 is 17.2 Å². The van der Waals surface area contributed by atoms with Crippen LogP contribution in [0.2, 0.25) is 5.02 Å². The van der Waals surface area contributed by atoms with Crippen LogP contribution < -0.4 is 17.2 Å². The molecule has 0 atom stereocenters. The molecule has 2 rings (SSSR count).